The van der Waals surface area contributed by atoms with Crippen LogP contribution in [0.2, 0.25) is 0 Å². The van der Waals surface area contributed by atoms with E-state index in [1.54, 1.807) is 7.11 Å². The average molecular weight is 515 g/mol. The first kappa shape index (κ1) is 22.6. The lowest BCUT2D eigenvalue weighted by atomic mass is 10.1. The van der Waals surface area contributed by atoms with Gasteiger partial charge in [-0.05, 0) is 60.2 Å². The van der Waals surface area contributed by atoms with Crippen LogP contribution >= 0.6 is 28.1 Å². The number of hydrogen-bond donors (Lipinski definition) is 0. The van der Waals surface area contributed by atoms with E-state index in [2.05, 4.69) is 25.7 Å². The Balaban J connectivity index is 1.38. The molecule has 0 atom stereocenters. The van der Waals surface area contributed by atoms with Gasteiger partial charge in [0.1, 0.15) is 17.4 Å². The van der Waals surface area contributed by atoms with Gasteiger partial charge in [-0.2, -0.15) is 0 Å². The van der Waals surface area contributed by atoms with E-state index in [4.69, 9.17) is 21.7 Å². The molecule has 32 heavy (non-hydrogen) atoms. The molecule has 0 N–H and O–H groups in total. The molecule has 0 unspecified atom stereocenters. The molecular formula is C25H24BrFN2O2S. The van der Waals surface area contributed by atoms with Crippen molar-refractivity contribution in [2.45, 2.75) is 6.61 Å². The molecule has 0 aromatic heterocycles. The Morgan fingerprint density at radius 3 is 2.28 bits per heavy atom. The van der Waals surface area contributed by atoms with E-state index in [0.717, 1.165) is 52.5 Å². The monoisotopic (exact) mass is 514 g/mol. The molecule has 166 valence electrons. The number of hydrogen-bond acceptors (Lipinski definition) is 4. The Labute approximate surface area is 201 Å². The number of benzene rings is 3. The molecule has 0 bridgehead atoms. The fraction of sp³-hybridized carbons (Fsp3) is 0.240. The highest BCUT2D eigenvalue weighted by Crippen LogP contribution is 2.30. The van der Waals surface area contributed by atoms with Crippen molar-refractivity contribution in [1.82, 2.24) is 4.90 Å². The third-order valence-electron chi connectivity index (χ3n) is 5.48. The average Bonchev–Trinajstić information content (AvgIpc) is 2.84. The van der Waals surface area contributed by atoms with Crippen molar-refractivity contribution in [3.8, 4) is 11.5 Å². The number of methoxy groups -OCH3 is 1. The second-order valence-electron chi connectivity index (χ2n) is 7.54. The van der Waals surface area contributed by atoms with Crippen LogP contribution in [0, 0.1) is 5.82 Å². The van der Waals surface area contributed by atoms with E-state index >= 15 is 0 Å². The number of nitrogens with zero attached hydrogens (tertiary/aromatic N) is 2. The third kappa shape index (κ3) is 5.40. The van der Waals surface area contributed by atoms with Crippen molar-refractivity contribution in [1.29, 1.82) is 0 Å². The molecule has 0 amide bonds. The Hall–Kier alpha value is -2.64. The molecule has 0 radical (unpaired) electrons. The number of thiocarbonyl (C=S) groups is 1. The number of rotatable bonds is 6. The van der Waals surface area contributed by atoms with Crippen molar-refractivity contribution in [3.05, 3.63) is 88.1 Å². The zero-order chi connectivity index (χ0) is 22.5. The van der Waals surface area contributed by atoms with E-state index in [1.807, 2.05) is 54.6 Å². The highest BCUT2D eigenvalue weighted by Gasteiger charge is 2.21. The SMILES string of the molecule is COc1cc(C(=S)N2CCN(c3ccc(F)cc3)CC2)ccc1OCc1ccc(Br)cc1. The minimum atomic E-state index is -0.216. The Kier molecular flexibility index (Phi) is 7.27. The summed E-state index contributed by atoms with van der Waals surface area (Å²) in [5, 5.41) is 0. The van der Waals surface area contributed by atoms with E-state index in [1.165, 1.54) is 12.1 Å². The predicted molar refractivity (Wildman–Crippen MR) is 133 cm³/mol. The number of ether oxygens (including phenoxy) is 2. The summed E-state index contributed by atoms with van der Waals surface area (Å²) in [6.45, 7) is 3.73. The summed E-state index contributed by atoms with van der Waals surface area (Å²) < 4.78 is 25.8. The number of anilines is 1. The smallest absolute Gasteiger partial charge is 0.161 e. The first-order valence-electron chi connectivity index (χ1n) is 10.4. The van der Waals surface area contributed by atoms with Gasteiger partial charge in [0, 0.05) is 41.9 Å². The molecule has 7 heteroatoms. The van der Waals surface area contributed by atoms with Gasteiger partial charge in [-0.25, -0.2) is 4.39 Å². The highest BCUT2D eigenvalue weighted by atomic mass is 79.9. The van der Waals surface area contributed by atoms with Gasteiger partial charge in [0.15, 0.2) is 11.5 Å². The van der Waals surface area contributed by atoms with E-state index in [-0.39, 0.29) is 5.82 Å². The minimum absolute atomic E-state index is 0.216. The maximum atomic E-state index is 13.2. The fourth-order valence-electron chi connectivity index (χ4n) is 3.66. The lowest BCUT2D eigenvalue weighted by molar-refractivity contribution is 0.284. The van der Waals surface area contributed by atoms with Gasteiger partial charge in [-0.1, -0.05) is 40.3 Å². The molecule has 3 aromatic carbocycles. The Bertz CT molecular complexity index is 1070. The van der Waals surface area contributed by atoms with Gasteiger partial charge in [-0.3, -0.25) is 0 Å². The number of halogens is 2. The van der Waals surface area contributed by atoms with E-state index in [9.17, 15) is 4.39 Å². The molecule has 1 aliphatic rings. The van der Waals surface area contributed by atoms with Crippen LogP contribution in [0.3, 0.4) is 0 Å². The summed E-state index contributed by atoms with van der Waals surface area (Å²) in [4.78, 5) is 5.24. The summed E-state index contributed by atoms with van der Waals surface area (Å²) in [6.07, 6.45) is 0. The van der Waals surface area contributed by atoms with Gasteiger partial charge in [0.25, 0.3) is 0 Å². The van der Waals surface area contributed by atoms with Gasteiger partial charge in [0.05, 0.1) is 7.11 Å². The molecule has 1 heterocycles. The first-order valence-corrected chi connectivity index (χ1v) is 11.6. The lowest BCUT2D eigenvalue weighted by Crippen LogP contribution is -2.48. The second kappa shape index (κ2) is 10.3. The topological polar surface area (TPSA) is 24.9 Å². The lowest BCUT2D eigenvalue weighted by Gasteiger charge is -2.37. The van der Waals surface area contributed by atoms with Gasteiger partial charge in [-0.15, -0.1) is 0 Å². The molecule has 0 saturated carbocycles. The summed E-state index contributed by atoms with van der Waals surface area (Å²) in [6, 6.07) is 20.5. The normalized spacial score (nSPS) is 13.7. The highest BCUT2D eigenvalue weighted by molar-refractivity contribution is 9.10. The van der Waals surface area contributed by atoms with Crippen LogP contribution in [0.4, 0.5) is 10.1 Å². The molecule has 1 fully saturated rings. The van der Waals surface area contributed by atoms with Crippen LogP contribution in [0.5, 0.6) is 11.5 Å². The Morgan fingerprint density at radius 2 is 1.62 bits per heavy atom. The minimum Gasteiger partial charge on any atom is -0.493 e. The second-order valence-corrected chi connectivity index (χ2v) is 8.84. The summed E-state index contributed by atoms with van der Waals surface area (Å²) in [5.74, 6) is 1.13. The molecule has 0 aliphatic carbocycles. The largest absolute Gasteiger partial charge is 0.493 e. The van der Waals surface area contributed by atoms with Crippen LogP contribution in [-0.4, -0.2) is 43.2 Å². The van der Waals surface area contributed by atoms with Crippen molar-refractivity contribution in [2.75, 3.05) is 38.2 Å². The standard InChI is InChI=1S/C25H24BrFN2O2S/c1-30-24-16-19(4-11-23(24)31-17-18-2-5-20(26)6-3-18)25(32)29-14-12-28(13-15-29)22-9-7-21(27)8-10-22/h2-11,16H,12-15,17H2,1H3. The van der Waals surface area contributed by atoms with Gasteiger partial charge in [0.2, 0.25) is 0 Å². The zero-order valence-electron chi connectivity index (χ0n) is 17.8. The summed E-state index contributed by atoms with van der Waals surface area (Å²) in [7, 11) is 1.64. The molecule has 3 aromatic rings. The molecule has 1 saturated heterocycles. The van der Waals surface area contributed by atoms with Crippen molar-refractivity contribution in [3.63, 3.8) is 0 Å². The van der Waals surface area contributed by atoms with Crippen LogP contribution in [0.25, 0.3) is 0 Å². The zero-order valence-corrected chi connectivity index (χ0v) is 20.2. The van der Waals surface area contributed by atoms with E-state index < -0.39 is 0 Å². The molecule has 0 spiro atoms. The Morgan fingerprint density at radius 1 is 0.938 bits per heavy atom. The maximum Gasteiger partial charge on any atom is 0.161 e. The quantitative estimate of drug-likeness (QED) is 0.394. The van der Waals surface area contributed by atoms with Crippen molar-refractivity contribution >= 4 is 38.8 Å². The first-order chi connectivity index (χ1) is 15.5. The maximum absolute atomic E-state index is 13.2. The fourth-order valence-corrected chi connectivity index (χ4v) is 4.24. The van der Waals surface area contributed by atoms with Crippen LogP contribution in [-0.2, 0) is 6.61 Å². The molecule has 4 nitrogen and oxygen atoms in total. The predicted octanol–water partition coefficient (Wildman–Crippen LogP) is 5.67. The number of piperazine rings is 1. The van der Waals surface area contributed by atoms with Crippen LogP contribution in [0.1, 0.15) is 11.1 Å². The van der Waals surface area contributed by atoms with Gasteiger partial charge < -0.3 is 19.3 Å². The van der Waals surface area contributed by atoms with Crippen molar-refractivity contribution in [2.24, 2.45) is 0 Å². The summed E-state index contributed by atoms with van der Waals surface area (Å²) >= 11 is 9.22. The summed E-state index contributed by atoms with van der Waals surface area (Å²) in [5.41, 5.74) is 3.04. The van der Waals surface area contributed by atoms with Crippen LogP contribution < -0.4 is 14.4 Å². The van der Waals surface area contributed by atoms with Crippen LogP contribution in [0.15, 0.2) is 71.2 Å². The van der Waals surface area contributed by atoms with E-state index in [0.29, 0.717) is 18.1 Å². The molecule has 4 rings (SSSR count). The molecular weight excluding hydrogens is 491 g/mol. The van der Waals surface area contributed by atoms with Crippen molar-refractivity contribution < 1.29 is 13.9 Å². The molecule has 1 aliphatic heterocycles. The third-order valence-corrected chi connectivity index (χ3v) is 6.50. The van der Waals surface area contributed by atoms with Gasteiger partial charge >= 0.3 is 0 Å².